The van der Waals surface area contributed by atoms with E-state index in [1.54, 1.807) is 24.5 Å². The molecule has 4 nitrogen and oxygen atoms in total. The van der Waals surface area contributed by atoms with Gasteiger partial charge in [-0.25, -0.2) is 0 Å². The number of benzene rings is 1. The molecule has 0 spiro atoms. The van der Waals surface area contributed by atoms with Crippen molar-refractivity contribution in [2.24, 2.45) is 5.92 Å². The lowest BCUT2D eigenvalue weighted by Crippen LogP contribution is -2.26. The van der Waals surface area contributed by atoms with E-state index in [-0.39, 0.29) is 23.3 Å². The molecule has 130 valence electrons. The van der Waals surface area contributed by atoms with Crippen LogP contribution >= 0.6 is 0 Å². The van der Waals surface area contributed by atoms with Crippen LogP contribution in [-0.2, 0) is 0 Å². The molecule has 0 bridgehead atoms. The van der Waals surface area contributed by atoms with E-state index in [1.165, 1.54) is 0 Å². The molecular formula is C21H23NO3. The van der Waals surface area contributed by atoms with Crippen molar-refractivity contribution in [3.05, 3.63) is 66.0 Å². The first-order chi connectivity index (χ1) is 11.9. The van der Waals surface area contributed by atoms with Crippen molar-refractivity contribution in [3.63, 3.8) is 0 Å². The highest BCUT2D eigenvalue weighted by molar-refractivity contribution is 5.69. The van der Waals surface area contributed by atoms with Gasteiger partial charge in [0.25, 0.3) is 0 Å². The van der Waals surface area contributed by atoms with Crippen LogP contribution in [0.1, 0.15) is 31.7 Å². The van der Waals surface area contributed by atoms with Gasteiger partial charge in [0.1, 0.15) is 11.5 Å². The van der Waals surface area contributed by atoms with Gasteiger partial charge in [0.2, 0.25) is 0 Å². The van der Waals surface area contributed by atoms with Crippen molar-refractivity contribution in [3.8, 4) is 22.6 Å². The summed E-state index contributed by atoms with van der Waals surface area (Å²) in [4.78, 5) is 4.07. The Morgan fingerprint density at radius 2 is 1.88 bits per heavy atom. The quantitative estimate of drug-likeness (QED) is 0.736. The Bertz CT molecular complexity index is 803. The monoisotopic (exact) mass is 337 g/mol. The molecule has 0 amide bonds. The second kappa shape index (κ2) is 6.73. The Hall–Kier alpha value is -2.59. The zero-order valence-corrected chi connectivity index (χ0v) is 14.5. The normalized spacial score (nSPS) is 23.2. The van der Waals surface area contributed by atoms with Gasteiger partial charge in [-0.15, -0.1) is 0 Å². The number of phenols is 2. The van der Waals surface area contributed by atoms with Crippen molar-refractivity contribution in [2.75, 3.05) is 0 Å². The molecule has 0 fully saturated rings. The third-order valence-corrected chi connectivity index (χ3v) is 4.98. The second-order valence-electron chi connectivity index (χ2n) is 6.81. The molecule has 3 unspecified atom stereocenters. The van der Waals surface area contributed by atoms with E-state index in [0.29, 0.717) is 17.5 Å². The van der Waals surface area contributed by atoms with Gasteiger partial charge in [0.05, 0.1) is 6.10 Å². The van der Waals surface area contributed by atoms with E-state index in [9.17, 15) is 15.3 Å². The highest BCUT2D eigenvalue weighted by atomic mass is 16.3. The van der Waals surface area contributed by atoms with Crippen molar-refractivity contribution >= 4 is 0 Å². The highest BCUT2D eigenvalue weighted by Crippen LogP contribution is 2.47. The van der Waals surface area contributed by atoms with E-state index in [4.69, 9.17) is 0 Å². The number of hydrogen-bond donors (Lipinski definition) is 3. The maximum absolute atomic E-state index is 10.6. The standard InChI is InChI=1S/C21H23NO3/c1-12(2)16-10-18(23)13(3)7-17(16)21-19(24)8-15(9-20(21)25)14-5-4-6-22-11-14/h4-9,11,16-18,23-25H,1,10H2,2-3H3. The maximum atomic E-state index is 10.6. The van der Waals surface area contributed by atoms with Crippen LogP contribution in [0.25, 0.3) is 11.1 Å². The van der Waals surface area contributed by atoms with Gasteiger partial charge in [-0.05, 0) is 55.5 Å². The Morgan fingerprint density at radius 3 is 2.44 bits per heavy atom. The summed E-state index contributed by atoms with van der Waals surface area (Å²) in [6.07, 6.45) is 5.30. The number of aromatic nitrogens is 1. The van der Waals surface area contributed by atoms with Crippen LogP contribution in [0.5, 0.6) is 11.5 Å². The van der Waals surface area contributed by atoms with Crippen LogP contribution in [0, 0.1) is 5.92 Å². The van der Waals surface area contributed by atoms with Crippen molar-refractivity contribution < 1.29 is 15.3 Å². The third-order valence-electron chi connectivity index (χ3n) is 4.98. The highest BCUT2D eigenvalue weighted by Gasteiger charge is 2.33. The van der Waals surface area contributed by atoms with E-state index in [1.807, 2.05) is 32.1 Å². The molecule has 1 aliphatic carbocycles. The molecule has 25 heavy (non-hydrogen) atoms. The van der Waals surface area contributed by atoms with E-state index >= 15 is 0 Å². The topological polar surface area (TPSA) is 73.6 Å². The van der Waals surface area contributed by atoms with Gasteiger partial charge < -0.3 is 15.3 Å². The molecule has 3 rings (SSSR count). The molecule has 0 radical (unpaired) electrons. The summed E-state index contributed by atoms with van der Waals surface area (Å²) in [6.45, 7) is 7.81. The lowest BCUT2D eigenvalue weighted by Gasteiger charge is -2.34. The molecule has 1 aromatic carbocycles. The molecule has 1 heterocycles. The second-order valence-corrected chi connectivity index (χ2v) is 6.81. The summed E-state index contributed by atoms with van der Waals surface area (Å²) in [5.74, 6) is -0.185. The molecule has 1 aliphatic rings. The van der Waals surface area contributed by atoms with Crippen molar-refractivity contribution in [2.45, 2.75) is 32.3 Å². The number of hydrogen-bond acceptors (Lipinski definition) is 4. The minimum absolute atomic E-state index is 0.0375. The number of rotatable bonds is 3. The molecule has 0 saturated carbocycles. The zero-order chi connectivity index (χ0) is 18.1. The number of pyridine rings is 1. The number of aromatic hydroxyl groups is 2. The average molecular weight is 337 g/mol. The van der Waals surface area contributed by atoms with Gasteiger partial charge in [-0.3, -0.25) is 4.98 Å². The van der Waals surface area contributed by atoms with E-state index < -0.39 is 6.10 Å². The third kappa shape index (κ3) is 3.30. The number of aliphatic hydroxyl groups is 1. The van der Waals surface area contributed by atoms with Crippen LogP contribution in [0.3, 0.4) is 0 Å². The Kier molecular flexibility index (Phi) is 4.64. The first-order valence-electron chi connectivity index (χ1n) is 8.36. The van der Waals surface area contributed by atoms with Gasteiger partial charge >= 0.3 is 0 Å². The minimum Gasteiger partial charge on any atom is -0.507 e. The molecule has 3 atom stereocenters. The number of allylic oxidation sites excluding steroid dienone is 2. The average Bonchev–Trinajstić information content (AvgIpc) is 2.57. The van der Waals surface area contributed by atoms with Crippen LogP contribution in [0.4, 0.5) is 0 Å². The molecule has 1 aromatic heterocycles. The smallest absolute Gasteiger partial charge is 0.123 e. The summed E-state index contributed by atoms with van der Waals surface area (Å²) in [6, 6.07) is 6.98. The SMILES string of the molecule is C=C(C)C1CC(O)C(C)=CC1c1c(O)cc(-c2cccnc2)cc1O. The van der Waals surface area contributed by atoms with E-state index in [0.717, 1.165) is 16.7 Å². The number of aliphatic hydroxyl groups excluding tert-OH is 1. The van der Waals surface area contributed by atoms with Crippen LogP contribution in [0.2, 0.25) is 0 Å². The van der Waals surface area contributed by atoms with E-state index in [2.05, 4.69) is 11.6 Å². The molecule has 2 aromatic rings. The summed E-state index contributed by atoms with van der Waals surface area (Å²) in [5, 5.41) is 31.4. The number of nitrogens with zero attached hydrogens (tertiary/aromatic N) is 1. The Morgan fingerprint density at radius 1 is 1.20 bits per heavy atom. The van der Waals surface area contributed by atoms with Gasteiger partial charge in [0, 0.05) is 29.4 Å². The fraction of sp³-hybridized carbons (Fsp3) is 0.286. The summed E-state index contributed by atoms with van der Waals surface area (Å²) in [5.41, 5.74) is 3.77. The lowest BCUT2D eigenvalue weighted by atomic mass is 9.72. The van der Waals surface area contributed by atoms with Gasteiger partial charge in [-0.2, -0.15) is 0 Å². The number of phenolic OH excluding ortho intramolecular Hbond substituents is 2. The Labute approximate surface area is 147 Å². The van der Waals surface area contributed by atoms with Crippen LogP contribution in [-0.4, -0.2) is 26.4 Å². The van der Waals surface area contributed by atoms with Crippen LogP contribution < -0.4 is 0 Å². The van der Waals surface area contributed by atoms with Crippen LogP contribution in [0.15, 0.2) is 60.5 Å². The van der Waals surface area contributed by atoms with Crippen molar-refractivity contribution in [1.82, 2.24) is 4.98 Å². The fourth-order valence-corrected chi connectivity index (χ4v) is 3.54. The summed E-state index contributed by atoms with van der Waals surface area (Å²) >= 11 is 0. The van der Waals surface area contributed by atoms with Gasteiger partial charge in [-0.1, -0.05) is 24.3 Å². The lowest BCUT2D eigenvalue weighted by molar-refractivity contribution is 0.168. The summed E-state index contributed by atoms with van der Waals surface area (Å²) in [7, 11) is 0. The largest absolute Gasteiger partial charge is 0.507 e. The first kappa shape index (κ1) is 17.2. The minimum atomic E-state index is -0.517. The molecule has 0 aliphatic heterocycles. The summed E-state index contributed by atoms with van der Waals surface area (Å²) < 4.78 is 0. The first-order valence-corrected chi connectivity index (χ1v) is 8.36. The predicted octanol–water partition coefficient (Wildman–Crippen LogP) is 4.15. The van der Waals surface area contributed by atoms with Gasteiger partial charge in [0.15, 0.2) is 0 Å². The van der Waals surface area contributed by atoms with Crippen molar-refractivity contribution in [1.29, 1.82) is 0 Å². The molecular weight excluding hydrogens is 314 g/mol. The molecule has 3 N–H and O–H groups in total. The Balaban J connectivity index is 2.09. The predicted molar refractivity (Wildman–Crippen MR) is 98.4 cm³/mol. The molecule has 4 heteroatoms. The zero-order valence-electron chi connectivity index (χ0n) is 14.5. The molecule has 0 saturated heterocycles. The fourth-order valence-electron chi connectivity index (χ4n) is 3.54. The maximum Gasteiger partial charge on any atom is 0.123 e.